The number of carbonyl (C=O) groups excluding carboxylic acids is 1. The SMILES string of the molecule is Cc1cnc(CNC(=O)[C@@]23CCCN(S(C)(=O)=O)[C@H]2CN(C)CC3)cn1.O=CO. The van der Waals surface area contributed by atoms with Gasteiger partial charge in [0.05, 0.1) is 41.8 Å². The summed E-state index contributed by atoms with van der Waals surface area (Å²) in [5.41, 5.74) is 0.845. The Morgan fingerprint density at radius 3 is 2.62 bits per heavy atom. The predicted molar refractivity (Wildman–Crippen MR) is 106 cm³/mol. The lowest BCUT2D eigenvalue weighted by Crippen LogP contribution is -2.66. The van der Waals surface area contributed by atoms with Gasteiger partial charge in [-0.1, -0.05) is 0 Å². The second-order valence-electron chi connectivity index (χ2n) is 7.60. The first kappa shape index (κ1) is 23.2. The molecule has 10 nitrogen and oxygen atoms in total. The van der Waals surface area contributed by atoms with E-state index in [4.69, 9.17) is 9.90 Å². The van der Waals surface area contributed by atoms with Crippen LogP contribution in [0, 0.1) is 12.3 Å². The minimum Gasteiger partial charge on any atom is -0.483 e. The van der Waals surface area contributed by atoms with Gasteiger partial charge in [0.15, 0.2) is 0 Å². The first-order chi connectivity index (χ1) is 13.6. The summed E-state index contributed by atoms with van der Waals surface area (Å²) in [6.45, 7) is 3.75. The van der Waals surface area contributed by atoms with E-state index in [0.29, 0.717) is 44.6 Å². The zero-order chi connectivity index (χ0) is 21.7. The number of piperidine rings is 2. The second-order valence-corrected chi connectivity index (χ2v) is 9.53. The molecule has 2 N–H and O–H groups in total. The standard InChI is InChI=1S/C17H27N5O3S.CH2O2/c1-13-9-19-14(10-18-13)11-20-16(23)17-5-4-7-22(26(3,24)25)15(17)12-21(2)8-6-17;2-1-3/h9-10,15H,4-8,11-12H2,1-3H3,(H,20,23);1H,(H,2,3)/t15-,17+;/m0./s1. The summed E-state index contributed by atoms with van der Waals surface area (Å²) in [6, 6.07) is -0.325. The van der Waals surface area contributed by atoms with Gasteiger partial charge in [-0.3, -0.25) is 19.6 Å². The van der Waals surface area contributed by atoms with E-state index in [2.05, 4.69) is 20.2 Å². The van der Waals surface area contributed by atoms with Crippen LogP contribution in [0.5, 0.6) is 0 Å². The molecule has 11 heteroatoms. The van der Waals surface area contributed by atoms with Crippen LogP contribution in [0.15, 0.2) is 12.4 Å². The molecule has 0 bridgehead atoms. The molecule has 1 aromatic heterocycles. The highest BCUT2D eigenvalue weighted by atomic mass is 32.2. The molecular weight excluding hydrogens is 398 g/mol. The lowest BCUT2D eigenvalue weighted by Gasteiger charge is -2.52. The maximum atomic E-state index is 13.2. The number of rotatable bonds is 4. The summed E-state index contributed by atoms with van der Waals surface area (Å²) in [5, 5.41) is 9.87. The Morgan fingerprint density at radius 2 is 2.03 bits per heavy atom. The molecule has 0 radical (unpaired) electrons. The fourth-order valence-electron chi connectivity index (χ4n) is 4.12. The van der Waals surface area contributed by atoms with Gasteiger partial charge in [0.1, 0.15) is 0 Å². The minimum absolute atomic E-state index is 0.0775. The fourth-order valence-corrected chi connectivity index (χ4v) is 5.31. The van der Waals surface area contributed by atoms with Crippen molar-refractivity contribution in [2.75, 3.05) is 32.9 Å². The molecule has 0 saturated carbocycles. The molecular formula is C18H29N5O5S. The summed E-state index contributed by atoms with van der Waals surface area (Å²) in [6.07, 6.45) is 6.63. The van der Waals surface area contributed by atoms with Crippen LogP contribution in [0.25, 0.3) is 0 Å². The third-order valence-electron chi connectivity index (χ3n) is 5.55. The van der Waals surface area contributed by atoms with E-state index in [1.807, 2.05) is 14.0 Å². The Morgan fingerprint density at radius 1 is 1.34 bits per heavy atom. The van der Waals surface area contributed by atoms with Crippen LogP contribution in [0.1, 0.15) is 30.7 Å². The van der Waals surface area contributed by atoms with E-state index in [1.54, 1.807) is 12.4 Å². The van der Waals surface area contributed by atoms with Crippen LogP contribution in [0.3, 0.4) is 0 Å². The third-order valence-corrected chi connectivity index (χ3v) is 6.84. The van der Waals surface area contributed by atoms with Crippen LogP contribution >= 0.6 is 0 Å². The number of aromatic nitrogens is 2. The Balaban J connectivity index is 0.000000941. The molecule has 0 aliphatic carbocycles. The predicted octanol–water partition coefficient (Wildman–Crippen LogP) is -0.152. The quantitative estimate of drug-likeness (QED) is 0.634. The molecule has 0 spiro atoms. The van der Waals surface area contributed by atoms with Gasteiger partial charge in [-0.15, -0.1) is 0 Å². The second kappa shape index (κ2) is 9.59. The van der Waals surface area contributed by atoms with Gasteiger partial charge in [-0.25, -0.2) is 8.42 Å². The Bertz CT molecular complexity index is 816. The molecule has 1 amide bonds. The zero-order valence-corrected chi connectivity index (χ0v) is 17.9. The number of likely N-dealkylation sites (tertiary alicyclic amines) is 1. The number of hydrogen-bond acceptors (Lipinski definition) is 7. The van der Waals surface area contributed by atoms with E-state index in [0.717, 1.165) is 12.2 Å². The molecule has 3 heterocycles. The largest absolute Gasteiger partial charge is 0.483 e. The number of carbonyl (C=O) groups is 2. The van der Waals surface area contributed by atoms with Crippen molar-refractivity contribution in [2.45, 2.75) is 38.8 Å². The van der Waals surface area contributed by atoms with E-state index in [9.17, 15) is 13.2 Å². The number of aryl methyl sites for hydroxylation is 1. The van der Waals surface area contributed by atoms with E-state index in [-0.39, 0.29) is 18.4 Å². The fraction of sp³-hybridized carbons (Fsp3) is 0.667. The van der Waals surface area contributed by atoms with Crippen molar-refractivity contribution in [1.29, 1.82) is 0 Å². The molecule has 162 valence electrons. The monoisotopic (exact) mass is 427 g/mol. The number of nitrogens with one attached hydrogen (secondary N) is 1. The van der Waals surface area contributed by atoms with Gasteiger partial charge >= 0.3 is 0 Å². The number of nitrogens with zero attached hydrogens (tertiary/aromatic N) is 4. The van der Waals surface area contributed by atoms with Gasteiger partial charge in [0, 0.05) is 19.3 Å². The highest BCUT2D eigenvalue weighted by Gasteiger charge is 2.54. The Hall–Kier alpha value is -2.11. The average molecular weight is 428 g/mol. The molecule has 2 saturated heterocycles. The molecule has 2 atom stereocenters. The van der Waals surface area contributed by atoms with Crippen molar-refractivity contribution in [3.63, 3.8) is 0 Å². The van der Waals surface area contributed by atoms with Crippen molar-refractivity contribution in [3.05, 3.63) is 23.8 Å². The maximum Gasteiger partial charge on any atom is 0.290 e. The first-order valence-electron chi connectivity index (χ1n) is 9.43. The van der Waals surface area contributed by atoms with E-state index in [1.165, 1.54) is 10.6 Å². The maximum absolute atomic E-state index is 13.2. The number of sulfonamides is 1. The molecule has 2 aliphatic rings. The van der Waals surface area contributed by atoms with Crippen molar-refractivity contribution in [1.82, 2.24) is 24.5 Å². The van der Waals surface area contributed by atoms with Crippen molar-refractivity contribution in [3.8, 4) is 0 Å². The van der Waals surface area contributed by atoms with E-state index < -0.39 is 15.4 Å². The van der Waals surface area contributed by atoms with Crippen LogP contribution in [0.2, 0.25) is 0 Å². The highest BCUT2D eigenvalue weighted by molar-refractivity contribution is 7.88. The van der Waals surface area contributed by atoms with Gasteiger partial charge in [-0.05, 0) is 39.8 Å². The number of carboxylic acid groups (broad SMARTS) is 1. The van der Waals surface area contributed by atoms with E-state index >= 15 is 0 Å². The Kier molecular flexibility index (Phi) is 7.66. The lowest BCUT2D eigenvalue weighted by atomic mass is 9.68. The number of hydrogen-bond donors (Lipinski definition) is 2. The first-order valence-corrected chi connectivity index (χ1v) is 11.3. The molecule has 1 aromatic rings. The van der Waals surface area contributed by atoms with Crippen LogP contribution in [0.4, 0.5) is 0 Å². The number of fused-ring (bicyclic) bond motifs is 1. The van der Waals surface area contributed by atoms with Crippen molar-refractivity contribution < 1.29 is 23.1 Å². The summed E-state index contributed by atoms with van der Waals surface area (Å²) >= 11 is 0. The lowest BCUT2D eigenvalue weighted by molar-refractivity contribution is -0.141. The summed E-state index contributed by atoms with van der Waals surface area (Å²) < 4.78 is 26.1. The summed E-state index contributed by atoms with van der Waals surface area (Å²) in [4.78, 5) is 32.1. The van der Waals surface area contributed by atoms with Gasteiger partial charge in [0.25, 0.3) is 6.47 Å². The van der Waals surface area contributed by atoms with Gasteiger partial charge in [0.2, 0.25) is 15.9 Å². The van der Waals surface area contributed by atoms with Crippen molar-refractivity contribution >= 4 is 22.4 Å². The van der Waals surface area contributed by atoms with Crippen LogP contribution in [-0.4, -0.2) is 84.1 Å². The van der Waals surface area contributed by atoms with Gasteiger partial charge < -0.3 is 15.3 Å². The molecule has 0 aromatic carbocycles. The number of likely N-dealkylation sites (N-methyl/N-ethyl adjacent to an activating group) is 1. The minimum atomic E-state index is -3.36. The smallest absolute Gasteiger partial charge is 0.290 e. The zero-order valence-electron chi connectivity index (χ0n) is 17.0. The highest BCUT2D eigenvalue weighted by Crippen LogP contribution is 2.43. The average Bonchev–Trinajstić information content (AvgIpc) is 2.66. The Labute approximate surface area is 171 Å². The summed E-state index contributed by atoms with van der Waals surface area (Å²) in [5.74, 6) is -0.0775. The van der Waals surface area contributed by atoms with Crippen LogP contribution in [-0.2, 0) is 26.2 Å². The number of amides is 1. The normalized spacial score (nSPS) is 25.3. The molecule has 0 unspecified atom stereocenters. The molecule has 2 aliphatic heterocycles. The topological polar surface area (TPSA) is 133 Å². The van der Waals surface area contributed by atoms with Gasteiger partial charge in [-0.2, -0.15) is 4.31 Å². The molecule has 29 heavy (non-hydrogen) atoms. The summed E-state index contributed by atoms with van der Waals surface area (Å²) in [7, 11) is -1.39. The molecule has 3 rings (SSSR count). The third kappa shape index (κ3) is 5.49. The van der Waals surface area contributed by atoms with Crippen molar-refractivity contribution in [2.24, 2.45) is 5.41 Å². The molecule has 2 fully saturated rings. The van der Waals surface area contributed by atoms with Crippen LogP contribution < -0.4 is 5.32 Å².